The second-order valence-corrected chi connectivity index (χ2v) is 5.55. The van der Waals surface area contributed by atoms with Crippen LogP contribution >= 0.6 is 0 Å². The van der Waals surface area contributed by atoms with Crippen molar-refractivity contribution in [1.82, 2.24) is 4.90 Å². The van der Waals surface area contributed by atoms with Crippen LogP contribution in [0.4, 0.5) is 5.69 Å². The van der Waals surface area contributed by atoms with Gasteiger partial charge in [-0.05, 0) is 31.9 Å². The molecule has 4 heteroatoms. The zero-order chi connectivity index (χ0) is 13.9. The fourth-order valence-corrected chi connectivity index (χ4v) is 3.25. The predicted molar refractivity (Wildman–Crippen MR) is 79.0 cm³/mol. The molecule has 3 rings (SSSR count). The van der Waals surface area contributed by atoms with E-state index in [0.29, 0.717) is 12.6 Å². The minimum atomic E-state index is -0.398. The largest absolute Gasteiger partial charge is 0.477 e. The van der Waals surface area contributed by atoms with E-state index in [1.54, 1.807) is 0 Å². The highest BCUT2D eigenvalue weighted by Gasteiger charge is 2.33. The molecule has 1 aliphatic carbocycles. The van der Waals surface area contributed by atoms with Crippen LogP contribution in [0.2, 0.25) is 0 Å². The minimum absolute atomic E-state index is 0.126. The van der Waals surface area contributed by atoms with Gasteiger partial charge >= 0.3 is 0 Å². The van der Waals surface area contributed by atoms with E-state index in [1.165, 1.54) is 12.8 Å². The first kappa shape index (κ1) is 13.3. The van der Waals surface area contributed by atoms with Crippen molar-refractivity contribution in [2.75, 3.05) is 18.4 Å². The Morgan fingerprint density at radius 1 is 1.35 bits per heavy atom. The van der Waals surface area contributed by atoms with Crippen molar-refractivity contribution in [3.63, 3.8) is 0 Å². The van der Waals surface area contributed by atoms with Gasteiger partial charge in [-0.1, -0.05) is 25.0 Å². The van der Waals surface area contributed by atoms with Crippen molar-refractivity contribution in [2.24, 2.45) is 0 Å². The quantitative estimate of drug-likeness (QED) is 0.921. The first-order valence-electron chi connectivity index (χ1n) is 7.59. The molecule has 1 N–H and O–H groups in total. The van der Waals surface area contributed by atoms with Gasteiger partial charge < -0.3 is 15.0 Å². The summed E-state index contributed by atoms with van der Waals surface area (Å²) in [5, 5.41) is 3.29. The lowest BCUT2D eigenvalue weighted by Crippen LogP contribution is -2.50. The molecule has 1 aromatic rings. The normalized spacial score (nSPS) is 21.8. The Labute approximate surface area is 120 Å². The summed E-state index contributed by atoms with van der Waals surface area (Å²) in [6.45, 7) is 3.38. The molecule has 20 heavy (non-hydrogen) atoms. The molecule has 4 nitrogen and oxygen atoms in total. The van der Waals surface area contributed by atoms with Crippen molar-refractivity contribution in [3.8, 4) is 5.75 Å². The molecule has 1 saturated carbocycles. The monoisotopic (exact) mass is 274 g/mol. The Morgan fingerprint density at radius 2 is 2.10 bits per heavy atom. The predicted octanol–water partition coefficient (Wildman–Crippen LogP) is 2.65. The van der Waals surface area contributed by atoms with E-state index < -0.39 is 6.10 Å². The fraction of sp³-hybridized carbons (Fsp3) is 0.562. The Hall–Kier alpha value is -1.71. The van der Waals surface area contributed by atoms with E-state index in [-0.39, 0.29) is 5.91 Å². The summed E-state index contributed by atoms with van der Waals surface area (Å²) in [5.41, 5.74) is 0.973. The summed E-state index contributed by atoms with van der Waals surface area (Å²) in [6, 6.07) is 8.20. The molecule has 0 aromatic heterocycles. The van der Waals surface area contributed by atoms with Crippen molar-refractivity contribution < 1.29 is 9.53 Å². The number of para-hydroxylation sites is 2. The lowest BCUT2D eigenvalue weighted by atomic mass is 10.1. The minimum Gasteiger partial charge on any atom is -0.477 e. The van der Waals surface area contributed by atoms with E-state index in [2.05, 4.69) is 12.2 Å². The smallest absolute Gasteiger partial charge is 0.265 e. The number of benzene rings is 1. The first-order valence-corrected chi connectivity index (χ1v) is 7.59. The standard InChI is InChI=1S/C16H22N2O2/c1-2-18(12-7-3-4-8-12)16(19)15-11-17-13-9-5-6-10-14(13)20-15/h5-6,9-10,12,15,17H,2-4,7-8,11H2,1H3. The SMILES string of the molecule is CCN(C(=O)C1CNc2ccccc2O1)C1CCCC1. The van der Waals surface area contributed by atoms with E-state index in [0.717, 1.165) is 30.8 Å². The number of likely N-dealkylation sites (N-methyl/N-ethyl adjacent to an activating group) is 1. The Balaban J connectivity index is 1.71. The molecular weight excluding hydrogens is 252 g/mol. The number of hydrogen-bond acceptors (Lipinski definition) is 3. The van der Waals surface area contributed by atoms with Crippen LogP contribution in [0.15, 0.2) is 24.3 Å². The van der Waals surface area contributed by atoms with Crippen molar-refractivity contribution in [1.29, 1.82) is 0 Å². The second-order valence-electron chi connectivity index (χ2n) is 5.55. The third kappa shape index (κ3) is 2.47. The van der Waals surface area contributed by atoms with Crippen LogP contribution in [0.1, 0.15) is 32.6 Å². The van der Waals surface area contributed by atoms with Gasteiger partial charge in [0.25, 0.3) is 5.91 Å². The fourth-order valence-electron chi connectivity index (χ4n) is 3.25. The Morgan fingerprint density at radius 3 is 2.85 bits per heavy atom. The zero-order valence-electron chi connectivity index (χ0n) is 12.0. The topological polar surface area (TPSA) is 41.6 Å². The molecule has 1 aromatic carbocycles. The molecule has 0 bridgehead atoms. The molecule has 1 fully saturated rings. The number of carbonyl (C=O) groups excluding carboxylic acids is 1. The summed E-state index contributed by atoms with van der Waals surface area (Å²) < 4.78 is 5.88. The van der Waals surface area contributed by atoms with Crippen molar-refractivity contribution in [2.45, 2.75) is 44.8 Å². The van der Waals surface area contributed by atoms with Gasteiger partial charge in [0.15, 0.2) is 6.10 Å². The Kier molecular flexibility index (Phi) is 3.81. The van der Waals surface area contributed by atoms with Crippen LogP contribution in [0.3, 0.4) is 0 Å². The second kappa shape index (κ2) is 5.73. The highest BCUT2D eigenvalue weighted by atomic mass is 16.5. The molecule has 1 unspecified atom stereocenters. The maximum atomic E-state index is 12.7. The maximum absolute atomic E-state index is 12.7. The molecule has 108 valence electrons. The number of nitrogens with one attached hydrogen (secondary N) is 1. The molecular formula is C16H22N2O2. The third-order valence-electron chi connectivity index (χ3n) is 4.30. The third-order valence-corrected chi connectivity index (χ3v) is 4.30. The maximum Gasteiger partial charge on any atom is 0.265 e. The number of nitrogens with zero attached hydrogens (tertiary/aromatic N) is 1. The van der Waals surface area contributed by atoms with E-state index in [9.17, 15) is 4.79 Å². The summed E-state index contributed by atoms with van der Waals surface area (Å²) in [7, 11) is 0. The van der Waals surface area contributed by atoms with Crippen LogP contribution < -0.4 is 10.1 Å². The molecule has 0 radical (unpaired) electrons. The van der Waals surface area contributed by atoms with Gasteiger partial charge in [0.1, 0.15) is 5.75 Å². The lowest BCUT2D eigenvalue weighted by molar-refractivity contribution is -0.140. The van der Waals surface area contributed by atoms with Gasteiger partial charge in [0.05, 0.1) is 12.2 Å². The van der Waals surface area contributed by atoms with Crippen LogP contribution in [0.5, 0.6) is 5.75 Å². The first-order chi connectivity index (χ1) is 9.79. The van der Waals surface area contributed by atoms with Gasteiger partial charge in [-0.3, -0.25) is 4.79 Å². The summed E-state index contributed by atoms with van der Waals surface area (Å²) in [4.78, 5) is 14.7. The summed E-state index contributed by atoms with van der Waals surface area (Å²) in [5.74, 6) is 0.904. The number of rotatable bonds is 3. The highest BCUT2D eigenvalue weighted by molar-refractivity contribution is 5.83. The number of anilines is 1. The van der Waals surface area contributed by atoms with Gasteiger partial charge in [-0.2, -0.15) is 0 Å². The molecule has 1 aliphatic heterocycles. The lowest BCUT2D eigenvalue weighted by Gasteiger charge is -2.34. The molecule has 2 aliphatic rings. The molecule has 1 atom stereocenters. The van der Waals surface area contributed by atoms with Gasteiger partial charge in [-0.25, -0.2) is 0 Å². The molecule has 0 saturated heterocycles. The molecule has 1 heterocycles. The average Bonchev–Trinajstić information content (AvgIpc) is 3.01. The number of carbonyl (C=O) groups is 1. The summed E-state index contributed by atoms with van der Waals surface area (Å²) >= 11 is 0. The Bertz CT molecular complexity index is 483. The molecule has 1 amide bonds. The highest BCUT2D eigenvalue weighted by Crippen LogP contribution is 2.30. The van der Waals surface area contributed by atoms with Gasteiger partial charge in [-0.15, -0.1) is 0 Å². The average molecular weight is 274 g/mol. The molecule has 0 spiro atoms. The van der Waals surface area contributed by atoms with Crippen LogP contribution in [0, 0.1) is 0 Å². The van der Waals surface area contributed by atoms with Gasteiger partial charge in [0.2, 0.25) is 0 Å². The number of fused-ring (bicyclic) bond motifs is 1. The van der Waals surface area contributed by atoms with Crippen molar-refractivity contribution >= 4 is 11.6 Å². The van der Waals surface area contributed by atoms with Gasteiger partial charge in [0, 0.05) is 12.6 Å². The van der Waals surface area contributed by atoms with E-state index in [4.69, 9.17) is 4.74 Å². The van der Waals surface area contributed by atoms with E-state index >= 15 is 0 Å². The van der Waals surface area contributed by atoms with Crippen LogP contribution in [-0.4, -0.2) is 36.0 Å². The summed E-state index contributed by atoms with van der Waals surface area (Å²) in [6.07, 6.45) is 4.35. The van der Waals surface area contributed by atoms with Crippen molar-refractivity contribution in [3.05, 3.63) is 24.3 Å². The van der Waals surface area contributed by atoms with E-state index in [1.807, 2.05) is 29.2 Å². The number of amides is 1. The number of ether oxygens (including phenoxy) is 1. The number of hydrogen-bond donors (Lipinski definition) is 1. The van der Waals surface area contributed by atoms with Crippen LogP contribution in [0.25, 0.3) is 0 Å². The zero-order valence-corrected chi connectivity index (χ0v) is 12.0. The van der Waals surface area contributed by atoms with Crippen LogP contribution in [-0.2, 0) is 4.79 Å².